The number of aromatic nitrogens is 1. The number of hydrogen-bond acceptors (Lipinski definition) is 4. The Labute approximate surface area is 154 Å². The summed E-state index contributed by atoms with van der Waals surface area (Å²) in [6.45, 7) is 0. The second-order valence-corrected chi connectivity index (χ2v) is 6.65. The summed E-state index contributed by atoms with van der Waals surface area (Å²) in [5.41, 5.74) is 5.52. The van der Waals surface area contributed by atoms with Gasteiger partial charge >= 0.3 is 18.4 Å². The molecule has 2 heterocycles. The molecule has 154 valence electrons. The Morgan fingerprint density at radius 2 is 1.75 bits per heavy atom. The van der Waals surface area contributed by atoms with Gasteiger partial charge in [-0.25, -0.2) is 15.2 Å². The average molecular weight is 411 g/mol. The minimum atomic E-state index is -5.10. The molecule has 2 aliphatic rings. The van der Waals surface area contributed by atoms with Crippen molar-refractivity contribution >= 4 is 17.8 Å². The van der Waals surface area contributed by atoms with Gasteiger partial charge in [0.25, 0.3) is 5.91 Å². The zero-order valence-electron chi connectivity index (χ0n) is 14.1. The Morgan fingerprint density at radius 3 is 2.32 bits per heavy atom. The molecule has 1 aromatic rings. The van der Waals surface area contributed by atoms with Crippen molar-refractivity contribution in [2.75, 3.05) is 4.90 Å². The lowest BCUT2D eigenvalue weighted by Crippen LogP contribution is -2.55. The van der Waals surface area contributed by atoms with Gasteiger partial charge in [0.1, 0.15) is 17.6 Å². The Kier molecular flexibility index (Phi) is 4.79. The number of alkyl halides is 6. The van der Waals surface area contributed by atoms with Crippen LogP contribution in [0.4, 0.5) is 37.0 Å². The maximum atomic E-state index is 13.1. The van der Waals surface area contributed by atoms with E-state index in [0.717, 1.165) is 4.90 Å². The van der Waals surface area contributed by atoms with E-state index < -0.39 is 53.4 Å². The van der Waals surface area contributed by atoms with E-state index >= 15 is 0 Å². The molecule has 0 unspecified atom stereocenters. The Bertz CT molecular complexity index is 764. The van der Waals surface area contributed by atoms with Crippen molar-refractivity contribution in [1.82, 2.24) is 15.8 Å². The second-order valence-electron chi connectivity index (χ2n) is 6.65. The zero-order chi connectivity index (χ0) is 20.9. The quantitative estimate of drug-likeness (QED) is 0.513. The standard InChI is InChI=1S/C15H15F6N5O2/c16-14(17,18)7-4-9(15(19,20)21)23-10(5-7)26-8-2-1-6(3-8)11(26)12(27)24-25-13(22)28/h4-6,8,11H,1-3H2,(H,24,27)(H3,22,25,28)/t6-,8+,11-/m0/s1. The van der Waals surface area contributed by atoms with Crippen molar-refractivity contribution in [3.05, 3.63) is 23.4 Å². The summed E-state index contributed by atoms with van der Waals surface area (Å²) in [5, 5.41) is 0. The van der Waals surface area contributed by atoms with E-state index in [2.05, 4.69) is 4.98 Å². The Morgan fingerprint density at radius 1 is 1.07 bits per heavy atom. The van der Waals surface area contributed by atoms with Crippen molar-refractivity contribution < 1.29 is 35.9 Å². The fraction of sp³-hybridized carbons (Fsp3) is 0.533. The normalized spacial score (nSPS) is 24.4. The molecule has 0 radical (unpaired) electrons. The van der Waals surface area contributed by atoms with E-state index in [-0.39, 0.29) is 12.0 Å². The largest absolute Gasteiger partial charge is 0.433 e. The van der Waals surface area contributed by atoms with Crippen LogP contribution in [0.15, 0.2) is 12.1 Å². The van der Waals surface area contributed by atoms with Crippen LogP contribution in [0.1, 0.15) is 30.5 Å². The number of primary amides is 1. The molecule has 1 saturated carbocycles. The summed E-state index contributed by atoms with van der Waals surface area (Å²) in [6, 6.07) is -2.16. The SMILES string of the molecule is NC(=O)NNC(=O)[C@@H]1[C@H]2CC[C@H](C2)N1c1cc(C(F)(F)F)cc(C(F)(F)F)n1. The van der Waals surface area contributed by atoms with Crippen LogP contribution in [0.5, 0.6) is 0 Å². The molecule has 1 aliphatic heterocycles. The predicted octanol–water partition coefficient (Wildman–Crippen LogP) is 2.18. The molecule has 28 heavy (non-hydrogen) atoms. The van der Waals surface area contributed by atoms with Gasteiger partial charge in [0, 0.05) is 6.04 Å². The molecular formula is C15H15F6N5O2. The summed E-state index contributed by atoms with van der Waals surface area (Å²) in [4.78, 5) is 27.7. The van der Waals surface area contributed by atoms with Crippen LogP contribution < -0.4 is 21.5 Å². The number of carbonyl (C=O) groups is 2. The molecule has 7 nitrogen and oxygen atoms in total. The molecule has 3 amide bonds. The zero-order valence-corrected chi connectivity index (χ0v) is 14.1. The smallest absolute Gasteiger partial charge is 0.350 e. The molecule has 3 atom stereocenters. The molecule has 0 spiro atoms. The van der Waals surface area contributed by atoms with Crippen molar-refractivity contribution in [1.29, 1.82) is 0 Å². The van der Waals surface area contributed by atoms with Gasteiger partial charge in [-0.2, -0.15) is 26.3 Å². The molecule has 1 saturated heterocycles. The maximum Gasteiger partial charge on any atom is 0.433 e. The molecule has 2 bridgehead atoms. The van der Waals surface area contributed by atoms with Gasteiger partial charge in [-0.3, -0.25) is 10.2 Å². The van der Waals surface area contributed by atoms with E-state index in [1.807, 2.05) is 10.9 Å². The number of hydrazine groups is 1. The first kappa shape index (κ1) is 20.0. The summed E-state index contributed by atoms with van der Waals surface area (Å²) < 4.78 is 78.6. The first-order valence-corrected chi connectivity index (χ1v) is 8.18. The number of rotatable bonds is 2. The third kappa shape index (κ3) is 3.78. The van der Waals surface area contributed by atoms with Crippen LogP contribution in [-0.4, -0.2) is 29.0 Å². The topological polar surface area (TPSA) is 100 Å². The fourth-order valence-electron chi connectivity index (χ4n) is 3.81. The van der Waals surface area contributed by atoms with Crippen LogP contribution in [0.25, 0.3) is 0 Å². The molecule has 2 fully saturated rings. The molecule has 13 heteroatoms. The lowest BCUT2D eigenvalue weighted by Gasteiger charge is -2.35. The number of fused-ring (bicyclic) bond motifs is 2. The molecule has 4 N–H and O–H groups in total. The van der Waals surface area contributed by atoms with Crippen molar-refractivity contribution in [3.63, 3.8) is 0 Å². The lowest BCUT2D eigenvalue weighted by molar-refractivity contribution is -0.145. The van der Waals surface area contributed by atoms with Crippen LogP contribution in [0, 0.1) is 5.92 Å². The molecule has 3 rings (SSSR count). The van der Waals surface area contributed by atoms with Crippen LogP contribution in [-0.2, 0) is 17.1 Å². The monoisotopic (exact) mass is 411 g/mol. The highest BCUT2D eigenvalue weighted by Crippen LogP contribution is 2.46. The van der Waals surface area contributed by atoms with Gasteiger partial charge in [0.2, 0.25) is 0 Å². The predicted molar refractivity (Wildman–Crippen MR) is 82.5 cm³/mol. The van der Waals surface area contributed by atoms with Gasteiger partial charge in [0.05, 0.1) is 5.56 Å². The highest BCUT2D eigenvalue weighted by Gasteiger charge is 2.51. The van der Waals surface area contributed by atoms with Crippen LogP contribution >= 0.6 is 0 Å². The highest BCUT2D eigenvalue weighted by molar-refractivity contribution is 5.88. The van der Waals surface area contributed by atoms with Crippen LogP contribution in [0.3, 0.4) is 0 Å². The number of amides is 3. The summed E-state index contributed by atoms with van der Waals surface area (Å²) in [6.07, 6.45) is -8.65. The summed E-state index contributed by atoms with van der Waals surface area (Å²) >= 11 is 0. The van der Waals surface area contributed by atoms with E-state index in [1.165, 1.54) is 0 Å². The van der Waals surface area contributed by atoms with Gasteiger partial charge in [-0.15, -0.1) is 0 Å². The summed E-state index contributed by atoms with van der Waals surface area (Å²) in [7, 11) is 0. The number of nitrogens with two attached hydrogens (primary N) is 1. The van der Waals surface area contributed by atoms with E-state index in [9.17, 15) is 35.9 Å². The number of nitrogens with one attached hydrogen (secondary N) is 2. The average Bonchev–Trinajstić information content (AvgIpc) is 3.18. The minimum Gasteiger partial charge on any atom is -0.350 e. The molecule has 0 aromatic carbocycles. The minimum absolute atomic E-state index is 0.0679. The number of carbonyl (C=O) groups excluding carboxylic acids is 2. The molecule has 1 aliphatic carbocycles. The fourth-order valence-corrected chi connectivity index (χ4v) is 3.81. The molecular weight excluding hydrogens is 396 g/mol. The van der Waals surface area contributed by atoms with E-state index in [0.29, 0.717) is 25.3 Å². The number of hydrogen-bond donors (Lipinski definition) is 3. The number of pyridine rings is 1. The van der Waals surface area contributed by atoms with E-state index in [1.54, 1.807) is 0 Å². The number of piperidine rings is 1. The Balaban J connectivity index is 2.02. The highest BCUT2D eigenvalue weighted by atomic mass is 19.4. The van der Waals surface area contributed by atoms with Gasteiger partial charge in [-0.1, -0.05) is 0 Å². The van der Waals surface area contributed by atoms with Gasteiger partial charge in [-0.05, 0) is 37.3 Å². The number of halogens is 6. The third-order valence-corrected chi connectivity index (χ3v) is 4.86. The molecule has 1 aromatic heterocycles. The third-order valence-electron chi connectivity index (χ3n) is 4.86. The van der Waals surface area contributed by atoms with Gasteiger partial charge in [0.15, 0.2) is 0 Å². The maximum absolute atomic E-state index is 13.1. The lowest BCUT2D eigenvalue weighted by atomic mass is 9.98. The van der Waals surface area contributed by atoms with Crippen molar-refractivity contribution in [3.8, 4) is 0 Å². The van der Waals surface area contributed by atoms with E-state index in [4.69, 9.17) is 5.73 Å². The second kappa shape index (κ2) is 6.71. The van der Waals surface area contributed by atoms with Gasteiger partial charge < -0.3 is 10.6 Å². The first-order chi connectivity index (χ1) is 12.9. The van der Waals surface area contributed by atoms with Crippen LogP contribution in [0.2, 0.25) is 0 Å². The number of anilines is 1. The first-order valence-electron chi connectivity index (χ1n) is 8.18. The van der Waals surface area contributed by atoms with Crippen molar-refractivity contribution in [2.24, 2.45) is 11.7 Å². The number of urea groups is 1. The number of nitrogens with zero attached hydrogens (tertiary/aromatic N) is 2. The Hall–Kier alpha value is -2.73. The van der Waals surface area contributed by atoms with Crippen molar-refractivity contribution in [2.45, 2.75) is 43.7 Å². The summed E-state index contributed by atoms with van der Waals surface area (Å²) in [5.74, 6) is -1.68.